The van der Waals surface area contributed by atoms with Gasteiger partial charge in [-0.05, 0) is 11.6 Å². The number of rotatable bonds is 7. The van der Waals surface area contributed by atoms with Crippen molar-refractivity contribution in [2.45, 2.75) is 13.0 Å². The Balaban J connectivity index is 1.90. The van der Waals surface area contributed by atoms with E-state index in [2.05, 4.69) is 15.4 Å². The van der Waals surface area contributed by atoms with Gasteiger partial charge >= 0.3 is 0 Å². The zero-order valence-electron chi connectivity index (χ0n) is 11.9. The quantitative estimate of drug-likeness (QED) is 0.465. The summed E-state index contributed by atoms with van der Waals surface area (Å²) in [5.41, 5.74) is 0.826. The average Bonchev–Trinajstić information content (AvgIpc) is 2.88. The average molecular weight is 291 g/mol. The summed E-state index contributed by atoms with van der Waals surface area (Å²) in [4.78, 5) is 14.6. The van der Waals surface area contributed by atoms with Gasteiger partial charge in [0.1, 0.15) is 12.1 Å². The molecule has 2 aromatic rings. The van der Waals surface area contributed by atoms with Crippen molar-refractivity contribution in [2.24, 2.45) is 7.05 Å². The third-order valence-electron chi connectivity index (χ3n) is 2.90. The van der Waals surface area contributed by atoms with Crippen molar-refractivity contribution in [1.29, 1.82) is 0 Å². The molecule has 1 heterocycles. The normalized spacial score (nSPS) is 10.6. The number of methoxy groups -OCH3 is 1. The minimum Gasteiger partial charge on any atom is -0.496 e. The Kier molecular flexibility index (Phi) is 4.83. The Morgan fingerprint density at radius 1 is 1.43 bits per heavy atom. The van der Waals surface area contributed by atoms with Crippen molar-refractivity contribution in [3.63, 3.8) is 0 Å². The van der Waals surface area contributed by atoms with Crippen LogP contribution in [0.3, 0.4) is 0 Å². The molecule has 1 N–H and O–H groups in total. The molecule has 1 aromatic heterocycles. The second-order valence-electron chi connectivity index (χ2n) is 4.56. The number of hydrogen-bond donors (Lipinski definition) is 1. The maximum Gasteiger partial charge on any atom is 0.273 e. The summed E-state index contributed by atoms with van der Waals surface area (Å²) >= 11 is 0. The minimum atomic E-state index is -0.427. The van der Waals surface area contributed by atoms with Crippen LogP contribution in [0, 0.1) is 10.1 Å². The van der Waals surface area contributed by atoms with E-state index in [1.807, 2.05) is 7.05 Å². The lowest BCUT2D eigenvalue weighted by Gasteiger charge is -2.06. The van der Waals surface area contributed by atoms with E-state index in [0.29, 0.717) is 25.3 Å². The summed E-state index contributed by atoms with van der Waals surface area (Å²) in [6, 6.07) is 4.72. The maximum atomic E-state index is 10.8. The number of nitrogens with zero attached hydrogens (tertiary/aromatic N) is 4. The summed E-state index contributed by atoms with van der Waals surface area (Å²) in [6.45, 7) is 1.21. The molecule has 0 bridgehead atoms. The summed E-state index contributed by atoms with van der Waals surface area (Å²) in [5, 5.41) is 18.2. The Morgan fingerprint density at radius 2 is 2.24 bits per heavy atom. The highest BCUT2D eigenvalue weighted by Crippen LogP contribution is 2.22. The smallest absolute Gasteiger partial charge is 0.273 e. The fourth-order valence-electron chi connectivity index (χ4n) is 1.90. The van der Waals surface area contributed by atoms with Gasteiger partial charge in [0.15, 0.2) is 5.82 Å². The molecule has 8 heteroatoms. The molecule has 0 saturated heterocycles. The highest BCUT2D eigenvalue weighted by molar-refractivity contribution is 5.42. The van der Waals surface area contributed by atoms with E-state index in [1.54, 1.807) is 17.1 Å². The van der Waals surface area contributed by atoms with E-state index in [4.69, 9.17) is 4.74 Å². The van der Waals surface area contributed by atoms with Crippen LogP contribution < -0.4 is 10.1 Å². The molecule has 0 atom stereocenters. The highest BCUT2D eigenvalue weighted by Gasteiger charge is 2.10. The van der Waals surface area contributed by atoms with Gasteiger partial charge < -0.3 is 10.1 Å². The number of non-ortho nitro benzene ring substituents is 1. The van der Waals surface area contributed by atoms with Gasteiger partial charge in [-0.3, -0.25) is 14.8 Å². The number of ether oxygens (including phenoxy) is 1. The zero-order valence-corrected chi connectivity index (χ0v) is 11.9. The van der Waals surface area contributed by atoms with Crippen LogP contribution in [0.25, 0.3) is 0 Å². The molecule has 0 saturated carbocycles. The van der Waals surface area contributed by atoms with Crippen molar-refractivity contribution in [1.82, 2.24) is 20.1 Å². The highest BCUT2D eigenvalue weighted by atomic mass is 16.6. The molecule has 0 fully saturated rings. The molecule has 0 amide bonds. The third-order valence-corrected chi connectivity index (χ3v) is 2.90. The molecule has 0 spiro atoms. The van der Waals surface area contributed by atoms with Crippen LogP contribution in [-0.4, -0.2) is 33.3 Å². The van der Waals surface area contributed by atoms with Gasteiger partial charge in [-0.25, -0.2) is 4.98 Å². The number of nitro groups is 1. The Labute approximate surface area is 121 Å². The number of nitro benzene ring substituents is 1. The van der Waals surface area contributed by atoms with Crippen molar-refractivity contribution in [2.75, 3.05) is 13.7 Å². The van der Waals surface area contributed by atoms with Crippen LogP contribution >= 0.6 is 0 Å². The van der Waals surface area contributed by atoms with Crippen LogP contribution in [0.4, 0.5) is 5.69 Å². The predicted molar refractivity (Wildman–Crippen MR) is 76.1 cm³/mol. The second-order valence-corrected chi connectivity index (χ2v) is 4.56. The Hall–Kier alpha value is -2.48. The summed E-state index contributed by atoms with van der Waals surface area (Å²) < 4.78 is 6.72. The van der Waals surface area contributed by atoms with Gasteiger partial charge in [0.25, 0.3) is 5.69 Å². The first-order chi connectivity index (χ1) is 10.1. The van der Waals surface area contributed by atoms with Gasteiger partial charge in [0, 0.05) is 32.6 Å². The summed E-state index contributed by atoms with van der Waals surface area (Å²) in [6.07, 6.45) is 2.35. The van der Waals surface area contributed by atoms with Crippen LogP contribution in [0.15, 0.2) is 24.5 Å². The largest absolute Gasteiger partial charge is 0.496 e. The summed E-state index contributed by atoms with van der Waals surface area (Å²) in [7, 11) is 3.31. The van der Waals surface area contributed by atoms with E-state index in [-0.39, 0.29) is 5.69 Å². The van der Waals surface area contributed by atoms with Gasteiger partial charge in [0.2, 0.25) is 0 Å². The summed E-state index contributed by atoms with van der Waals surface area (Å²) in [5.74, 6) is 1.24. The third kappa shape index (κ3) is 4.25. The molecule has 112 valence electrons. The molecule has 21 heavy (non-hydrogen) atoms. The number of aromatic nitrogens is 3. The van der Waals surface area contributed by atoms with E-state index in [0.717, 1.165) is 11.4 Å². The zero-order chi connectivity index (χ0) is 15.2. The van der Waals surface area contributed by atoms with Crippen LogP contribution in [0.1, 0.15) is 11.4 Å². The van der Waals surface area contributed by atoms with E-state index in [1.165, 1.54) is 19.2 Å². The molecule has 1 aromatic carbocycles. The molecule has 2 rings (SSSR count). The van der Waals surface area contributed by atoms with Gasteiger partial charge in [-0.1, -0.05) is 0 Å². The lowest BCUT2D eigenvalue weighted by molar-refractivity contribution is -0.385. The van der Waals surface area contributed by atoms with E-state index in [9.17, 15) is 10.1 Å². The molecule has 0 aliphatic heterocycles. The van der Waals surface area contributed by atoms with Crippen LogP contribution in [0.2, 0.25) is 0 Å². The lowest BCUT2D eigenvalue weighted by atomic mass is 10.2. The van der Waals surface area contributed by atoms with Gasteiger partial charge in [-0.15, -0.1) is 0 Å². The monoisotopic (exact) mass is 291 g/mol. The molecule has 0 aliphatic rings. The van der Waals surface area contributed by atoms with Crippen LogP contribution in [0.5, 0.6) is 5.75 Å². The molecule has 0 unspecified atom stereocenters. The molecule has 0 aliphatic carbocycles. The van der Waals surface area contributed by atoms with E-state index >= 15 is 0 Å². The minimum absolute atomic E-state index is 0.0255. The number of hydrogen-bond acceptors (Lipinski definition) is 6. The first kappa shape index (κ1) is 14.9. The Bertz CT molecular complexity index is 626. The van der Waals surface area contributed by atoms with Crippen LogP contribution in [-0.2, 0) is 20.0 Å². The predicted octanol–water partition coefficient (Wildman–Crippen LogP) is 1.06. The van der Waals surface area contributed by atoms with Crippen molar-refractivity contribution in [3.05, 3.63) is 46.0 Å². The van der Waals surface area contributed by atoms with Crippen molar-refractivity contribution < 1.29 is 9.66 Å². The van der Waals surface area contributed by atoms with Crippen molar-refractivity contribution in [3.8, 4) is 5.75 Å². The molecular weight excluding hydrogens is 274 g/mol. The molecular formula is C13H17N5O3. The maximum absolute atomic E-state index is 10.8. The molecule has 8 nitrogen and oxygen atoms in total. The van der Waals surface area contributed by atoms with Gasteiger partial charge in [-0.2, -0.15) is 5.10 Å². The number of nitrogens with one attached hydrogen (secondary N) is 1. The fourth-order valence-corrected chi connectivity index (χ4v) is 1.90. The van der Waals surface area contributed by atoms with Gasteiger partial charge in [0.05, 0.1) is 18.1 Å². The first-order valence-corrected chi connectivity index (χ1v) is 6.46. The first-order valence-electron chi connectivity index (χ1n) is 6.46. The number of benzene rings is 1. The number of aryl methyl sites for hydroxylation is 1. The fraction of sp³-hybridized carbons (Fsp3) is 0.385. The topological polar surface area (TPSA) is 95.1 Å². The standard InChI is InChI=1S/C13H17N5O3/c1-17-9-15-13(16-17)3-4-14-8-10-5-11(18(19)20)7-12(6-10)21-2/h5-7,9,14H,3-4,8H2,1-2H3. The second kappa shape index (κ2) is 6.80. The Morgan fingerprint density at radius 3 is 2.86 bits per heavy atom. The lowest BCUT2D eigenvalue weighted by Crippen LogP contribution is -2.17. The SMILES string of the molecule is COc1cc(CNCCc2ncn(C)n2)cc([N+](=O)[O-])c1. The van der Waals surface area contributed by atoms with Crippen molar-refractivity contribution >= 4 is 5.69 Å². The molecule has 0 radical (unpaired) electrons. The van der Waals surface area contributed by atoms with E-state index < -0.39 is 4.92 Å².